The van der Waals surface area contributed by atoms with Crippen LogP contribution >= 0.6 is 0 Å². The summed E-state index contributed by atoms with van der Waals surface area (Å²) in [5.41, 5.74) is 1.53. The van der Waals surface area contributed by atoms with E-state index in [9.17, 15) is 8.42 Å². The van der Waals surface area contributed by atoms with E-state index in [1.807, 2.05) is 12.1 Å². The molecule has 3 rings (SSSR count). The van der Waals surface area contributed by atoms with Gasteiger partial charge in [0.25, 0.3) is 0 Å². The van der Waals surface area contributed by atoms with Gasteiger partial charge in [0.2, 0.25) is 5.75 Å². The van der Waals surface area contributed by atoms with Crippen LogP contribution in [0.15, 0.2) is 29.2 Å². The van der Waals surface area contributed by atoms with Crippen molar-refractivity contribution in [3.8, 4) is 28.7 Å². The van der Waals surface area contributed by atoms with E-state index < -0.39 is 9.84 Å². The SMILES string of the molecule is COc1cc(C2CCC(c3cc(OC)c(OCCO)c(S(C)(=O)=O)c3)O2)cc(OC)c1OC. The summed E-state index contributed by atoms with van der Waals surface area (Å²) in [6.45, 7) is -0.308. The van der Waals surface area contributed by atoms with E-state index in [4.69, 9.17) is 33.5 Å². The molecule has 1 heterocycles. The van der Waals surface area contributed by atoms with Crippen LogP contribution in [0.5, 0.6) is 28.7 Å². The molecule has 2 aromatic carbocycles. The minimum absolute atomic E-state index is 0.00913. The Kier molecular flexibility index (Phi) is 7.93. The van der Waals surface area contributed by atoms with Crippen molar-refractivity contribution in [2.45, 2.75) is 29.9 Å². The summed E-state index contributed by atoms with van der Waals surface area (Å²) in [6.07, 6.45) is 1.88. The van der Waals surface area contributed by atoms with Crippen molar-refractivity contribution in [1.82, 2.24) is 0 Å². The molecule has 0 spiro atoms. The normalized spacial score (nSPS) is 18.1. The Hall–Kier alpha value is -2.69. The van der Waals surface area contributed by atoms with Crippen LogP contribution < -0.4 is 23.7 Å². The van der Waals surface area contributed by atoms with Crippen LogP contribution in [0.4, 0.5) is 0 Å². The lowest BCUT2D eigenvalue weighted by Gasteiger charge is -2.20. The van der Waals surface area contributed by atoms with Crippen LogP contribution in [0.1, 0.15) is 36.2 Å². The molecule has 1 aliphatic rings. The zero-order valence-corrected chi connectivity index (χ0v) is 20.2. The van der Waals surface area contributed by atoms with Crippen molar-refractivity contribution in [2.75, 3.05) is 47.9 Å². The second-order valence-electron chi connectivity index (χ2n) is 7.54. The highest BCUT2D eigenvalue weighted by atomic mass is 32.2. The van der Waals surface area contributed by atoms with Crippen molar-refractivity contribution in [2.24, 2.45) is 0 Å². The van der Waals surface area contributed by atoms with Crippen molar-refractivity contribution in [1.29, 1.82) is 0 Å². The second kappa shape index (κ2) is 10.5. The number of ether oxygens (including phenoxy) is 6. The summed E-state index contributed by atoms with van der Waals surface area (Å²) in [7, 11) is 2.46. The molecule has 2 unspecified atom stereocenters. The lowest BCUT2D eigenvalue weighted by molar-refractivity contribution is 0.0435. The standard InChI is InChI=1S/C23H30O9S/c1-27-18-10-14(11-19(28-2)22(18)30-4)16-6-7-17(32-16)15-12-20(29-3)23(31-9-8-24)21(13-15)33(5,25)26/h10-13,16-17,24H,6-9H2,1-5H3. The quantitative estimate of drug-likeness (QED) is 0.546. The molecule has 10 heteroatoms. The largest absolute Gasteiger partial charge is 0.493 e. The van der Waals surface area contributed by atoms with Crippen LogP contribution in [0.25, 0.3) is 0 Å². The van der Waals surface area contributed by atoms with Crippen molar-refractivity contribution in [3.63, 3.8) is 0 Å². The molecule has 1 aliphatic heterocycles. The molecule has 0 amide bonds. The number of rotatable bonds is 10. The summed E-state index contributed by atoms with van der Waals surface area (Å²) in [5.74, 6) is 1.91. The molecule has 1 N–H and O–H groups in total. The molecule has 0 saturated carbocycles. The van der Waals surface area contributed by atoms with E-state index in [2.05, 4.69) is 0 Å². The Balaban J connectivity index is 1.95. The van der Waals surface area contributed by atoms with Crippen molar-refractivity contribution in [3.05, 3.63) is 35.4 Å². The van der Waals surface area contributed by atoms with Gasteiger partial charge in [-0.1, -0.05) is 0 Å². The number of hydrogen-bond acceptors (Lipinski definition) is 9. The third-order valence-electron chi connectivity index (χ3n) is 5.45. The minimum atomic E-state index is -3.63. The van der Waals surface area contributed by atoms with Crippen LogP contribution in [0.3, 0.4) is 0 Å². The molecule has 0 aliphatic carbocycles. The predicted molar refractivity (Wildman–Crippen MR) is 121 cm³/mol. The summed E-state index contributed by atoms with van der Waals surface area (Å²) >= 11 is 0. The van der Waals surface area contributed by atoms with E-state index in [0.29, 0.717) is 35.7 Å². The molecule has 182 valence electrons. The highest BCUT2D eigenvalue weighted by Crippen LogP contribution is 2.47. The number of benzene rings is 2. The van der Waals surface area contributed by atoms with Gasteiger partial charge < -0.3 is 33.5 Å². The summed E-state index contributed by atoms with van der Waals surface area (Å²) in [4.78, 5) is -0.00913. The highest BCUT2D eigenvalue weighted by molar-refractivity contribution is 7.90. The summed E-state index contributed by atoms with van der Waals surface area (Å²) in [6, 6.07) is 6.96. The Bertz CT molecular complexity index is 1060. The lowest BCUT2D eigenvalue weighted by Crippen LogP contribution is -2.10. The average molecular weight is 483 g/mol. The first-order chi connectivity index (χ1) is 15.8. The molecule has 33 heavy (non-hydrogen) atoms. The number of hydrogen-bond donors (Lipinski definition) is 1. The first kappa shape index (κ1) is 24.9. The molecule has 2 atom stereocenters. The van der Waals surface area contributed by atoms with Crippen LogP contribution in [-0.4, -0.2) is 61.4 Å². The van der Waals surface area contributed by atoms with Crippen molar-refractivity contribution >= 4 is 9.84 Å². The third-order valence-corrected chi connectivity index (χ3v) is 6.55. The molecule has 1 fully saturated rings. The Morgan fingerprint density at radius 1 is 0.848 bits per heavy atom. The second-order valence-corrected chi connectivity index (χ2v) is 9.53. The van der Waals surface area contributed by atoms with Gasteiger partial charge in [0.1, 0.15) is 11.5 Å². The van der Waals surface area contributed by atoms with E-state index in [0.717, 1.165) is 11.8 Å². The molecular weight excluding hydrogens is 452 g/mol. The first-order valence-electron chi connectivity index (χ1n) is 10.4. The fourth-order valence-electron chi connectivity index (χ4n) is 3.91. The number of aliphatic hydroxyl groups is 1. The van der Waals surface area contributed by atoms with E-state index >= 15 is 0 Å². The maximum atomic E-state index is 12.5. The monoisotopic (exact) mass is 482 g/mol. The number of methoxy groups -OCH3 is 4. The minimum Gasteiger partial charge on any atom is -0.493 e. The van der Waals surface area contributed by atoms with Crippen LogP contribution in [-0.2, 0) is 14.6 Å². The van der Waals surface area contributed by atoms with Crippen LogP contribution in [0, 0.1) is 0 Å². The van der Waals surface area contributed by atoms with Crippen LogP contribution in [0.2, 0.25) is 0 Å². The highest BCUT2D eigenvalue weighted by Gasteiger charge is 2.32. The maximum absolute atomic E-state index is 12.5. The molecule has 0 radical (unpaired) electrons. The van der Waals surface area contributed by atoms with Gasteiger partial charge in [-0.25, -0.2) is 8.42 Å². The average Bonchev–Trinajstić information content (AvgIpc) is 3.30. The molecule has 1 saturated heterocycles. The van der Waals surface area contributed by atoms with Gasteiger partial charge in [-0.15, -0.1) is 0 Å². The Labute approximate surface area is 194 Å². The van der Waals surface area contributed by atoms with Gasteiger partial charge in [-0.05, 0) is 48.2 Å². The predicted octanol–water partition coefficient (Wildman–Crippen LogP) is 3.09. The zero-order chi connectivity index (χ0) is 24.2. The number of sulfone groups is 1. The molecule has 0 bridgehead atoms. The Morgan fingerprint density at radius 2 is 1.33 bits per heavy atom. The lowest BCUT2D eigenvalue weighted by atomic mass is 10.0. The summed E-state index contributed by atoms with van der Waals surface area (Å²) < 4.78 is 58.4. The van der Waals surface area contributed by atoms with E-state index in [1.54, 1.807) is 33.5 Å². The van der Waals surface area contributed by atoms with Crippen molar-refractivity contribution < 1.29 is 41.9 Å². The van der Waals surface area contributed by atoms with E-state index in [-0.39, 0.29) is 41.8 Å². The zero-order valence-electron chi connectivity index (χ0n) is 19.4. The summed E-state index contributed by atoms with van der Waals surface area (Å²) in [5, 5.41) is 9.10. The molecular formula is C23H30O9S. The van der Waals surface area contributed by atoms with Gasteiger partial charge in [0, 0.05) is 6.26 Å². The van der Waals surface area contributed by atoms with Gasteiger partial charge in [-0.2, -0.15) is 0 Å². The van der Waals surface area contributed by atoms with E-state index in [1.165, 1.54) is 7.11 Å². The van der Waals surface area contributed by atoms with Gasteiger partial charge in [-0.3, -0.25) is 0 Å². The number of aliphatic hydroxyl groups excluding tert-OH is 1. The smallest absolute Gasteiger partial charge is 0.203 e. The Morgan fingerprint density at radius 3 is 1.76 bits per heavy atom. The molecule has 2 aromatic rings. The van der Waals surface area contributed by atoms with Gasteiger partial charge in [0.15, 0.2) is 32.8 Å². The first-order valence-corrected chi connectivity index (χ1v) is 12.3. The fourth-order valence-corrected chi connectivity index (χ4v) is 4.76. The molecule has 0 aromatic heterocycles. The van der Waals surface area contributed by atoms with Gasteiger partial charge >= 0.3 is 0 Å². The molecule has 9 nitrogen and oxygen atoms in total. The third kappa shape index (κ3) is 5.29. The topological polar surface area (TPSA) is 110 Å². The van der Waals surface area contributed by atoms with Gasteiger partial charge in [0.05, 0.1) is 47.3 Å². The fraction of sp³-hybridized carbons (Fsp3) is 0.478. The maximum Gasteiger partial charge on any atom is 0.203 e.